The second kappa shape index (κ2) is 5.66. The summed E-state index contributed by atoms with van der Waals surface area (Å²) < 4.78 is 0. The molecule has 0 amide bonds. The molecule has 1 aliphatic carbocycles. The zero-order valence-corrected chi connectivity index (χ0v) is 9.95. The van der Waals surface area contributed by atoms with Crippen molar-refractivity contribution in [1.82, 2.24) is 5.32 Å². The minimum absolute atomic E-state index is 0. The molecule has 0 saturated carbocycles. The fraction of sp³-hybridized carbons (Fsp3) is 0.818. The van der Waals surface area contributed by atoms with Crippen LogP contribution in [0.3, 0.4) is 0 Å². The predicted octanol–water partition coefficient (Wildman–Crippen LogP) is 2.87. The Kier molecular flexibility index (Phi) is 5.66. The fourth-order valence-electron chi connectivity index (χ4n) is 2.44. The lowest BCUT2D eigenvalue weighted by atomic mass is 9.75. The highest BCUT2D eigenvalue weighted by Gasteiger charge is 2.25. The minimum Gasteiger partial charge on any atom is -0.319 e. The average molecular weight is 204 g/mol. The van der Waals surface area contributed by atoms with Gasteiger partial charge in [-0.05, 0) is 44.7 Å². The Morgan fingerprint density at radius 2 is 2.08 bits per heavy atom. The van der Waals surface area contributed by atoms with Gasteiger partial charge >= 0.3 is 0 Å². The molecule has 78 valence electrons. The number of halogens is 1. The van der Waals surface area contributed by atoms with Crippen LogP contribution in [0, 0.1) is 17.8 Å². The van der Waals surface area contributed by atoms with Crippen molar-refractivity contribution in [2.24, 2.45) is 17.8 Å². The molecule has 0 heterocycles. The van der Waals surface area contributed by atoms with Crippen LogP contribution >= 0.6 is 12.4 Å². The van der Waals surface area contributed by atoms with E-state index in [0.29, 0.717) is 0 Å². The molecule has 0 bridgehead atoms. The Labute approximate surface area is 88.4 Å². The highest BCUT2D eigenvalue weighted by atomic mass is 35.5. The maximum atomic E-state index is 3.28. The number of hydrogen-bond acceptors (Lipinski definition) is 1. The van der Waals surface area contributed by atoms with Gasteiger partial charge in [0.2, 0.25) is 0 Å². The molecule has 2 heteroatoms. The van der Waals surface area contributed by atoms with Crippen molar-refractivity contribution in [2.45, 2.75) is 27.2 Å². The Morgan fingerprint density at radius 3 is 2.54 bits per heavy atom. The van der Waals surface area contributed by atoms with Crippen molar-refractivity contribution in [2.75, 3.05) is 13.6 Å². The predicted molar refractivity (Wildman–Crippen MR) is 61.4 cm³/mol. The molecule has 3 atom stereocenters. The lowest BCUT2D eigenvalue weighted by molar-refractivity contribution is 0.267. The van der Waals surface area contributed by atoms with Gasteiger partial charge in [-0.1, -0.05) is 25.5 Å². The van der Waals surface area contributed by atoms with Gasteiger partial charge in [-0.25, -0.2) is 0 Å². The summed E-state index contributed by atoms with van der Waals surface area (Å²) in [5.41, 5.74) is 1.57. The molecule has 0 aliphatic heterocycles. The van der Waals surface area contributed by atoms with E-state index in [9.17, 15) is 0 Å². The van der Waals surface area contributed by atoms with E-state index in [-0.39, 0.29) is 12.4 Å². The van der Waals surface area contributed by atoms with E-state index in [2.05, 4.69) is 32.2 Å². The molecule has 1 aliphatic rings. The van der Waals surface area contributed by atoms with E-state index in [1.165, 1.54) is 6.42 Å². The van der Waals surface area contributed by atoms with Crippen LogP contribution < -0.4 is 5.32 Å². The topological polar surface area (TPSA) is 12.0 Å². The number of hydrogen-bond donors (Lipinski definition) is 1. The zero-order valence-electron chi connectivity index (χ0n) is 9.13. The molecule has 0 aromatic heterocycles. The maximum Gasteiger partial charge on any atom is -0.00153 e. The minimum atomic E-state index is 0. The van der Waals surface area contributed by atoms with Crippen molar-refractivity contribution in [3.05, 3.63) is 11.6 Å². The van der Waals surface area contributed by atoms with Gasteiger partial charge in [0.1, 0.15) is 0 Å². The van der Waals surface area contributed by atoms with Crippen molar-refractivity contribution in [3.8, 4) is 0 Å². The summed E-state index contributed by atoms with van der Waals surface area (Å²) in [6.07, 6.45) is 3.72. The van der Waals surface area contributed by atoms with Crippen LogP contribution in [0.4, 0.5) is 0 Å². The monoisotopic (exact) mass is 203 g/mol. The van der Waals surface area contributed by atoms with Crippen LogP contribution in [0.15, 0.2) is 11.6 Å². The van der Waals surface area contributed by atoms with E-state index in [0.717, 1.165) is 24.3 Å². The van der Waals surface area contributed by atoms with Gasteiger partial charge in [-0.3, -0.25) is 0 Å². The summed E-state index contributed by atoms with van der Waals surface area (Å²) in [7, 11) is 2.05. The lowest BCUT2D eigenvalue weighted by Gasteiger charge is -2.32. The maximum absolute atomic E-state index is 3.28. The molecular weight excluding hydrogens is 182 g/mol. The van der Waals surface area contributed by atoms with E-state index >= 15 is 0 Å². The first kappa shape index (κ1) is 13.0. The van der Waals surface area contributed by atoms with Gasteiger partial charge in [-0.2, -0.15) is 0 Å². The van der Waals surface area contributed by atoms with Crippen LogP contribution in [0.1, 0.15) is 27.2 Å². The van der Waals surface area contributed by atoms with E-state index in [1.807, 2.05) is 7.05 Å². The van der Waals surface area contributed by atoms with Gasteiger partial charge in [0, 0.05) is 0 Å². The Balaban J connectivity index is 0.00000144. The van der Waals surface area contributed by atoms with Gasteiger partial charge < -0.3 is 5.32 Å². The summed E-state index contributed by atoms with van der Waals surface area (Å²) in [4.78, 5) is 0. The van der Waals surface area contributed by atoms with Crippen LogP contribution in [0.5, 0.6) is 0 Å². The third kappa shape index (κ3) is 3.32. The van der Waals surface area contributed by atoms with Crippen LogP contribution in [-0.4, -0.2) is 13.6 Å². The molecule has 0 aromatic rings. The molecular formula is C11H22ClN. The van der Waals surface area contributed by atoms with Gasteiger partial charge in [0.15, 0.2) is 0 Å². The largest absolute Gasteiger partial charge is 0.319 e. The fourth-order valence-corrected chi connectivity index (χ4v) is 2.44. The first-order valence-corrected chi connectivity index (χ1v) is 4.97. The lowest BCUT2D eigenvalue weighted by Crippen LogP contribution is -2.31. The number of nitrogens with one attached hydrogen (secondary N) is 1. The third-order valence-corrected chi connectivity index (χ3v) is 3.04. The second-order valence-electron chi connectivity index (χ2n) is 4.28. The van der Waals surface area contributed by atoms with Crippen molar-refractivity contribution in [1.29, 1.82) is 0 Å². The highest BCUT2D eigenvalue weighted by molar-refractivity contribution is 5.85. The smallest absolute Gasteiger partial charge is 0.00153 e. The van der Waals surface area contributed by atoms with Crippen molar-refractivity contribution >= 4 is 12.4 Å². The van der Waals surface area contributed by atoms with E-state index in [1.54, 1.807) is 5.57 Å². The summed E-state index contributed by atoms with van der Waals surface area (Å²) in [6.45, 7) is 8.12. The summed E-state index contributed by atoms with van der Waals surface area (Å²) in [5, 5.41) is 3.28. The molecule has 1 nitrogen and oxygen atoms in total. The molecule has 13 heavy (non-hydrogen) atoms. The molecule has 0 spiro atoms. The van der Waals surface area contributed by atoms with Gasteiger partial charge in [0.25, 0.3) is 0 Å². The number of rotatable bonds is 2. The molecule has 1 rings (SSSR count). The third-order valence-electron chi connectivity index (χ3n) is 3.04. The molecule has 0 saturated heterocycles. The normalized spacial score (nSPS) is 33.5. The molecule has 3 unspecified atom stereocenters. The summed E-state index contributed by atoms with van der Waals surface area (Å²) >= 11 is 0. The summed E-state index contributed by atoms with van der Waals surface area (Å²) in [5.74, 6) is 2.43. The summed E-state index contributed by atoms with van der Waals surface area (Å²) in [6, 6.07) is 0. The quantitative estimate of drug-likeness (QED) is 0.681. The first-order chi connectivity index (χ1) is 5.65. The van der Waals surface area contributed by atoms with Gasteiger partial charge in [0.05, 0.1) is 0 Å². The Hall–Kier alpha value is -0.0100. The molecule has 0 aromatic carbocycles. The second-order valence-corrected chi connectivity index (χ2v) is 4.28. The van der Waals surface area contributed by atoms with E-state index in [4.69, 9.17) is 0 Å². The standard InChI is InChI=1S/C11H21N.ClH/c1-8-5-9(2)11(7-12-4)10(3)6-8;/h5,9-12H,6-7H2,1-4H3;1H. The van der Waals surface area contributed by atoms with Crippen molar-refractivity contribution < 1.29 is 0 Å². The molecule has 0 fully saturated rings. The van der Waals surface area contributed by atoms with Crippen molar-refractivity contribution in [3.63, 3.8) is 0 Å². The Morgan fingerprint density at radius 1 is 1.46 bits per heavy atom. The number of allylic oxidation sites excluding steroid dienone is 2. The van der Waals surface area contributed by atoms with Crippen LogP contribution in [0.2, 0.25) is 0 Å². The molecule has 0 radical (unpaired) electrons. The first-order valence-electron chi connectivity index (χ1n) is 4.97. The zero-order chi connectivity index (χ0) is 9.14. The van der Waals surface area contributed by atoms with Crippen LogP contribution in [0.25, 0.3) is 0 Å². The van der Waals surface area contributed by atoms with Gasteiger partial charge in [-0.15, -0.1) is 12.4 Å². The highest BCUT2D eigenvalue weighted by Crippen LogP contribution is 2.32. The van der Waals surface area contributed by atoms with Crippen LogP contribution in [-0.2, 0) is 0 Å². The SMILES string of the molecule is CNCC1C(C)C=C(C)CC1C.Cl. The average Bonchev–Trinajstić information content (AvgIpc) is 1.96. The van der Waals surface area contributed by atoms with E-state index < -0.39 is 0 Å². The Bertz CT molecular complexity index is 177. The molecule has 1 N–H and O–H groups in total.